The average molecular weight is 552 g/mol. The summed E-state index contributed by atoms with van der Waals surface area (Å²) in [7, 11) is 0. The summed E-state index contributed by atoms with van der Waals surface area (Å²) in [5, 5.41) is 18.7. The van der Waals surface area contributed by atoms with Crippen LogP contribution < -0.4 is 15.0 Å². The summed E-state index contributed by atoms with van der Waals surface area (Å²) in [5.74, 6) is -0.220. The van der Waals surface area contributed by atoms with E-state index in [1.165, 1.54) is 51.9 Å². The largest absolute Gasteiger partial charge is 0.491 e. The van der Waals surface area contributed by atoms with E-state index in [1.54, 1.807) is 12.1 Å². The molecule has 0 saturated carbocycles. The zero-order valence-electron chi connectivity index (χ0n) is 21.4. The zero-order valence-corrected chi connectivity index (χ0v) is 21.4. The van der Waals surface area contributed by atoms with Crippen LogP contribution in [0.3, 0.4) is 0 Å². The monoisotopic (exact) mass is 551 g/mol. The lowest BCUT2D eigenvalue weighted by Crippen LogP contribution is -2.41. The number of nitrogens with zero attached hydrogens (tertiary/aromatic N) is 3. The normalized spacial score (nSPS) is 15.3. The SMILES string of the molecule is O=C(O)N1CCC[C@@H](Cn2c(-c3ccc(OCCO)cc3F)nc3ccc(Oc4ccc(F)cc4)cc3c2=O)C1. The Morgan fingerprint density at radius 1 is 1.02 bits per heavy atom. The molecule has 2 N–H and O–H groups in total. The van der Waals surface area contributed by atoms with Gasteiger partial charge in [0.15, 0.2) is 0 Å². The van der Waals surface area contributed by atoms with Gasteiger partial charge in [-0.3, -0.25) is 9.36 Å². The predicted molar refractivity (Wildman–Crippen MR) is 143 cm³/mol. The smallest absolute Gasteiger partial charge is 0.407 e. The molecular formula is C29H27F2N3O6. The van der Waals surface area contributed by atoms with E-state index in [0.717, 1.165) is 6.07 Å². The Morgan fingerprint density at radius 3 is 2.50 bits per heavy atom. The number of likely N-dealkylation sites (tertiary alicyclic amines) is 1. The van der Waals surface area contributed by atoms with Crippen LogP contribution in [-0.4, -0.2) is 57.1 Å². The summed E-state index contributed by atoms with van der Waals surface area (Å²) in [5.41, 5.74) is -0.0385. The first-order chi connectivity index (χ1) is 19.3. The van der Waals surface area contributed by atoms with Crippen LogP contribution in [-0.2, 0) is 6.54 Å². The van der Waals surface area contributed by atoms with E-state index in [4.69, 9.17) is 14.6 Å². The van der Waals surface area contributed by atoms with E-state index < -0.39 is 23.3 Å². The summed E-state index contributed by atoms with van der Waals surface area (Å²) in [6, 6.07) is 14.3. The second kappa shape index (κ2) is 11.7. The summed E-state index contributed by atoms with van der Waals surface area (Å²) in [6.45, 7) is 0.561. The maximum atomic E-state index is 15.3. The van der Waals surface area contributed by atoms with Gasteiger partial charge in [-0.1, -0.05) is 0 Å². The Hall–Kier alpha value is -4.51. The lowest BCUT2D eigenvalue weighted by molar-refractivity contribution is 0.116. The highest BCUT2D eigenvalue weighted by molar-refractivity contribution is 5.81. The number of ether oxygens (including phenoxy) is 2. The van der Waals surface area contributed by atoms with E-state index in [-0.39, 0.29) is 54.7 Å². The minimum absolute atomic E-state index is 0.00179. The van der Waals surface area contributed by atoms with Crippen LogP contribution in [0.2, 0.25) is 0 Å². The van der Waals surface area contributed by atoms with E-state index in [1.807, 2.05) is 0 Å². The highest BCUT2D eigenvalue weighted by Gasteiger charge is 2.26. The van der Waals surface area contributed by atoms with Crippen molar-refractivity contribution in [1.82, 2.24) is 14.5 Å². The van der Waals surface area contributed by atoms with Crippen molar-refractivity contribution in [3.05, 3.63) is 82.7 Å². The molecule has 40 heavy (non-hydrogen) atoms. The molecule has 0 spiro atoms. The fourth-order valence-corrected chi connectivity index (χ4v) is 4.85. The van der Waals surface area contributed by atoms with Gasteiger partial charge in [0, 0.05) is 25.7 Å². The van der Waals surface area contributed by atoms with Gasteiger partial charge in [-0.05, 0) is 73.4 Å². The number of carbonyl (C=O) groups is 1. The summed E-state index contributed by atoms with van der Waals surface area (Å²) < 4.78 is 41.1. The van der Waals surface area contributed by atoms with Gasteiger partial charge < -0.3 is 24.6 Å². The molecular weight excluding hydrogens is 524 g/mol. The topological polar surface area (TPSA) is 114 Å². The molecule has 1 fully saturated rings. The number of aliphatic hydroxyl groups is 1. The van der Waals surface area contributed by atoms with Crippen LogP contribution >= 0.6 is 0 Å². The number of hydrogen-bond acceptors (Lipinski definition) is 6. The molecule has 1 aromatic heterocycles. The molecule has 1 aliphatic rings. The van der Waals surface area contributed by atoms with Crippen molar-refractivity contribution in [2.75, 3.05) is 26.3 Å². The van der Waals surface area contributed by atoms with Crippen molar-refractivity contribution in [2.24, 2.45) is 5.92 Å². The molecule has 2 heterocycles. The molecule has 0 unspecified atom stereocenters. The Labute approximate surface area is 227 Å². The number of carboxylic acid groups (broad SMARTS) is 1. The first kappa shape index (κ1) is 27.1. The molecule has 0 bridgehead atoms. The fourth-order valence-electron chi connectivity index (χ4n) is 4.85. The van der Waals surface area contributed by atoms with Crippen molar-refractivity contribution < 1.29 is 33.3 Å². The average Bonchev–Trinajstić information content (AvgIpc) is 2.95. The number of amides is 1. The first-order valence-electron chi connectivity index (χ1n) is 12.8. The molecule has 1 saturated heterocycles. The van der Waals surface area contributed by atoms with Gasteiger partial charge in [-0.15, -0.1) is 0 Å². The predicted octanol–water partition coefficient (Wildman–Crippen LogP) is 4.90. The van der Waals surface area contributed by atoms with Gasteiger partial charge in [0.2, 0.25) is 0 Å². The van der Waals surface area contributed by atoms with Crippen molar-refractivity contribution in [3.63, 3.8) is 0 Å². The Bertz CT molecular complexity index is 1590. The van der Waals surface area contributed by atoms with E-state index >= 15 is 4.39 Å². The number of hydrogen-bond donors (Lipinski definition) is 2. The van der Waals surface area contributed by atoms with Crippen LogP contribution in [0.4, 0.5) is 13.6 Å². The number of fused-ring (bicyclic) bond motifs is 1. The first-order valence-corrected chi connectivity index (χ1v) is 12.8. The molecule has 3 aromatic carbocycles. The summed E-state index contributed by atoms with van der Waals surface area (Å²) in [6.07, 6.45) is 0.307. The molecule has 11 heteroatoms. The Morgan fingerprint density at radius 2 is 1.77 bits per heavy atom. The molecule has 208 valence electrons. The van der Waals surface area contributed by atoms with Gasteiger partial charge >= 0.3 is 6.09 Å². The number of benzene rings is 3. The highest BCUT2D eigenvalue weighted by atomic mass is 19.1. The molecule has 1 amide bonds. The van der Waals surface area contributed by atoms with Crippen molar-refractivity contribution >= 4 is 17.0 Å². The molecule has 0 radical (unpaired) electrons. The quantitative estimate of drug-likeness (QED) is 0.320. The number of aromatic nitrogens is 2. The van der Waals surface area contributed by atoms with Crippen LogP contribution in [0, 0.1) is 17.6 Å². The summed E-state index contributed by atoms with van der Waals surface area (Å²) in [4.78, 5) is 31.4. The third kappa shape index (κ3) is 5.89. The Balaban J connectivity index is 1.58. The van der Waals surface area contributed by atoms with Gasteiger partial charge in [0.05, 0.1) is 23.1 Å². The second-order valence-electron chi connectivity index (χ2n) is 9.54. The van der Waals surface area contributed by atoms with Crippen LogP contribution in [0.1, 0.15) is 12.8 Å². The van der Waals surface area contributed by atoms with Crippen LogP contribution in [0.25, 0.3) is 22.3 Å². The van der Waals surface area contributed by atoms with E-state index in [0.29, 0.717) is 36.4 Å². The van der Waals surface area contributed by atoms with Crippen LogP contribution in [0.5, 0.6) is 17.2 Å². The fraction of sp³-hybridized carbons (Fsp3) is 0.276. The molecule has 1 aliphatic heterocycles. The number of rotatable bonds is 8. The van der Waals surface area contributed by atoms with Crippen LogP contribution in [0.15, 0.2) is 65.5 Å². The minimum Gasteiger partial charge on any atom is -0.491 e. The third-order valence-electron chi connectivity index (χ3n) is 6.75. The number of halogens is 2. The highest BCUT2D eigenvalue weighted by Crippen LogP contribution is 2.29. The van der Waals surface area contributed by atoms with Gasteiger partial charge in [-0.2, -0.15) is 0 Å². The molecule has 5 rings (SSSR count). The Kier molecular flexibility index (Phi) is 7.92. The van der Waals surface area contributed by atoms with E-state index in [9.17, 15) is 19.1 Å². The van der Waals surface area contributed by atoms with Gasteiger partial charge in [0.1, 0.15) is 41.3 Å². The third-order valence-corrected chi connectivity index (χ3v) is 6.75. The molecule has 9 nitrogen and oxygen atoms in total. The van der Waals surface area contributed by atoms with Gasteiger partial charge in [0.25, 0.3) is 5.56 Å². The molecule has 1 atom stereocenters. The summed E-state index contributed by atoms with van der Waals surface area (Å²) >= 11 is 0. The maximum Gasteiger partial charge on any atom is 0.407 e. The minimum atomic E-state index is -1.03. The zero-order chi connectivity index (χ0) is 28.2. The number of aliphatic hydroxyl groups excluding tert-OH is 1. The standard InChI is InChI=1S/C29H27F2N3O6/c30-19-3-5-20(6-4-19)40-22-8-10-26-24(14-22)28(36)34(17-18-2-1-11-33(16-18)29(37)38)27(32-26)23-9-7-21(15-25(23)31)39-13-12-35/h3-10,14-15,18,35H,1-2,11-13,16-17H2,(H,37,38)/t18-/m1/s1. The van der Waals surface area contributed by atoms with Crippen molar-refractivity contribution in [1.29, 1.82) is 0 Å². The maximum absolute atomic E-state index is 15.3. The van der Waals surface area contributed by atoms with Crippen molar-refractivity contribution in [3.8, 4) is 28.6 Å². The lowest BCUT2D eigenvalue weighted by Gasteiger charge is -2.31. The number of piperidine rings is 1. The second-order valence-corrected chi connectivity index (χ2v) is 9.54. The molecule has 0 aliphatic carbocycles. The lowest BCUT2D eigenvalue weighted by atomic mass is 9.98. The van der Waals surface area contributed by atoms with Crippen molar-refractivity contribution in [2.45, 2.75) is 19.4 Å². The molecule has 4 aromatic rings. The van der Waals surface area contributed by atoms with Gasteiger partial charge in [-0.25, -0.2) is 18.6 Å². The van der Waals surface area contributed by atoms with E-state index in [2.05, 4.69) is 4.98 Å².